The molecule has 1 aromatic heterocycles. The minimum atomic E-state index is -0.395. The molecule has 0 bridgehead atoms. The van der Waals surface area contributed by atoms with Crippen LogP contribution in [0.5, 0.6) is 0 Å². The van der Waals surface area contributed by atoms with Gasteiger partial charge in [-0.2, -0.15) is 0 Å². The third kappa shape index (κ3) is 1.78. The maximum absolute atomic E-state index is 13.1. The topological polar surface area (TPSA) is 35.1 Å². The first-order valence-corrected chi connectivity index (χ1v) is 6.12. The van der Waals surface area contributed by atoms with Gasteiger partial charge in [0.05, 0.1) is 5.52 Å². The van der Waals surface area contributed by atoms with Gasteiger partial charge in [-0.1, -0.05) is 12.2 Å². The van der Waals surface area contributed by atoms with Crippen LogP contribution in [0.2, 0.25) is 0 Å². The molecule has 0 aliphatic heterocycles. The van der Waals surface area contributed by atoms with Gasteiger partial charge in [-0.05, 0) is 37.8 Å². The van der Waals surface area contributed by atoms with E-state index in [4.69, 9.17) is 4.42 Å². The SMILES string of the molecule is C=C1CCC(n2c(=O)oc3cc(F)ccc32)CC1. The molecule has 0 spiro atoms. The van der Waals surface area contributed by atoms with E-state index in [9.17, 15) is 9.18 Å². The number of rotatable bonds is 1. The lowest BCUT2D eigenvalue weighted by Gasteiger charge is -2.23. The molecule has 1 fully saturated rings. The van der Waals surface area contributed by atoms with E-state index in [1.165, 1.54) is 17.7 Å². The smallest absolute Gasteiger partial charge is 0.408 e. The average Bonchev–Trinajstić information content (AvgIpc) is 2.65. The fraction of sp³-hybridized carbons (Fsp3) is 0.357. The van der Waals surface area contributed by atoms with E-state index < -0.39 is 5.76 Å². The number of aromatic nitrogens is 1. The highest BCUT2D eigenvalue weighted by molar-refractivity contribution is 5.73. The number of hydrogen-bond acceptors (Lipinski definition) is 2. The van der Waals surface area contributed by atoms with Crippen molar-refractivity contribution < 1.29 is 8.81 Å². The molecule has 18 heavy (non-hydrogen) atoms. The Kier molecular flexibility index (Phi) is 2.58. The highest BCUT2D eigenvalue weighted by atomic mass is 19.1. The van der Waals surface area contributed by atoms with Gasteiger partial charge in [0.2, 0.25) is 0 Å². The minimum absolute atomic E-state index is 0.134. The van der Waals surface area contributed by atoms with Crippen molar-refractivity contribution >= 4 is 11.1 Å². The van der Waals surface area contributed by atoms with Gasteiger partial charge >= 0.3 is 5.76 Å². The molecule has 0 unspecified atom stereocenters. The van der Waals surface area contributed by atoms with Crippen molar-refractivity contribution in [1.82, 2.24) is 4.57 Å². The lowest BCUT2D eigenvalue weighted by molar-refractivity contribution is 0.372. The van der Waals surface area contributed by atoms with Crippen LogP contribution in [0, 0.1) is 5.82 Å². The van der Waals surface area contributed by atoms with Crippen LogP contribution in [-0.2, 0) is 0 Å². The van der Waals surface area contributed by atoms with Crippen molar-refractivity contribution in [3.05, 3.63) is 46.7 Å². The quantitative estimate of drug-likeness (QED) is 0.724. The van der Waals surface area contributed by atoms with Crippen LogP contribution < -0.4 is 5.76 Å². The maximum Gasteiger partial charge on any atom is 0.420 e. The molecule has 0 atom stereocenters. The molecule has 4 heteroatoms. The molecule has 1 aromatic carbocycles. The van der Waals surface area contributed by atoms with E-state index in [1.807, 2.05) is 0 Å². The van der Waals surface area contributed by atoms with E-state index in [-0.39, 0.29) is 11.9 Å². The van der Waals surface area contributed by atoms with Crippen LogP contribution in [0.25, 0.3) is 11.1 Å². The van der Waals surface area contributed by atoms with Crippen molar-refractivity contribution in [1.29, 1.82) is 0 Å². The molecule has 0 saturated heterocycles. The summed E-state index contributed by atoms with van der Waals surface area (Å²) in [6.45, 7) is 3.97. The molecule has 0 radical (unpaired) electrons. The number of hydrogen-bond donors (Lipinski definition) is 0. The molecule has 2 aromatic rings. The number of allylic oxidation sites excluding steroid dienone is 1. The van der Waals surface area contributed by atoms with Crippen LogP contribution >= 0.6 is 0 Å². The Hall–Kier alpha value is -1.84. The molecule has 1 heterocycles. The molecule has 1 saturated carbocycles. The summed E-state index contributed by atoms with van der Waals surface area (Å²) in [5.41, 5.74) is 2.24. The lowest BCUT2D eigenvalue weighted by atomic mass is 9.91. The third-order valence-electron chi connectivity index (χ3n) is 3.60. The molecule has 3 rings (SSSR count). The van der Waals surface area contributed by atoms with Crippen molar-refractivity contribution in [2.45, 2.75) is 31.7 Å². The van der Waals surface area contributed by atoms with Crippen LogP contribution in [0.3, 0.4) is 0 Å². The molecule has 1 aliphatic carbocycles. The van der Waals surface area contributed by atoms with Crippen molar-refractivity contribution in [2.75, 3.05) is 0 Å². The Bertz CT molecular complexity index is 658. The van der Waals surface area contributed by atoms with Gasteiger partial charge in [0.15, 0.2) is 5.58 Å². The monoisotopic (exact) mass is 247 g/mol. The fourth-order valence-electron chi connectivity index (χ4n) is 2.63. The van der Waals surface area contributed by atoms with Gasteiger partial charge < -0.3 is 4.42 Å². The normalized spacial score (nSPS) is 17.5. The Morgan fingerprint density at radius 3 is 2.78 bits per heavy atom. The summed E-state index contributed by atoms with van der Waals surface area (Å²) in [7, 11) is 0. The summed E-state index contributed by atoms with van der Waals surface area (Å²) < 4.78 is 19.8. The Labute approximate surface area is 104 Å². The maximum atomic E-state index is 13.1. The van der Waals surface area contributed by atoms with E-state index in [0.29, 0.717) is 11.1 Å². The number of fused-ring (bicyclic) bond motifs is 1. The molecule has 0 N–H and O–H groups in total. The van der Waals surface area contributed by atoms with Gasteiger partial charge in [-0.3, -0.25) is 4.57 Å². The second-order valence-corrected chi connectivity index (χ2v) is 4.83. The first-order valence-electron chi connectivity index (χ1n) is 6.12. The number of benzene rings is 1. The second kappa shape index (κ2) is 4.12. The van der Waals surface area contributed by atoms with Crippen LogP contribution in [0.15, 0.2) is 39.6 Å². The largest absolute Gasteiger partial charge is 0.420 e. The first-order chi connectivity index (χ1) is 8.65. The van der Waals surface area contributed by atoms with Gasteiger partial charge in [-0.15, -0.1) is 0 Å². The highest BCUT2D eigenvalue weighted by Gasteiger charge is 2.22. The zero-order valence-corrected chi connectivity index (χ0v) is 9.99. The first kappa shape index (κ1) is 11.3. The third-order valence-corrected chi connectivity index (χ3v) is 3.60. The zero-order valence-electron chi connectivity index (χ0n) is 9.99. The average molecular weight is 247 g/mol. The van der Waals surface area contributed by atoms with Gasteiger partial charge in [0.25, 0.3) is 0 Å². The number of nitrogens with zero attached hydrogens (tertiary/aromatic N) is 1. The molecular formula is C14H14FNO2. The predicted octanol–water partition coefficient (Wildman–Crippen LogP) is 3.40. The standard InChI is InChI=1S/C14H14FNO2/c1-9-2-5-11(6-3-9)16-12-7-4-10(15)8-13(12)18-14(16)17/h4,7-8,11H,1-3,5-6H2. The molecule has 1 aliphatic rings. The fourth-order valence-corrected chi connectivity index (χ4v) is 2.63. The van der Waals surface area contributed by atoms with Crippen molar-refractivity contribution in [2.24, 2.45) is 0 Å². The molecule has 0 amide bonds. The Morgan fingerprint density at radius 2 is 2.06 bits per heavy atom. The van der Waals surface area contributed by atoms with E-state index in [2.05, 4.69) is 6.58 Å². The summed E-state index contributed by atoms with van der Waals surface area (Å²) >= 11 is 0. The van der Waals surface area contributed by atoms with Gasteiger partial charge in [0, 0.05) is 12.1 Å². The Balaban J connectivity index is 2.08. The van der Waals surface area contributed by atoms with E-state index in [0.717, 1.165) is 25.7 Å². The lowest BCUT2D eigenvalue weighted by Crippen LogP contribution is -2.22. The summed E-state index contributed by atoms with van der Waals surface area (Å²) in [5.74, 6) is -0.784. The summed E-state index contributed by atoms with van der Waals surface area (Å²) in [6, 6.07) is 4.36. The van der Waals surface area contributed by atoms with Gasteiger partial charge in [-0.25, -0.2) is 9.18 Å². The highest BCUT2D eigenvalue weighted by Crippen LogP contribution is 2.32. The Morgan fingerprint density at radius 1 is 1.33 bits per heavy atom. The molecule has 3 nitrogen and oxygen atoms in total. The van der Waals surface area contributed by atoms with Gasteiger partial charge in [0.1, 0.15) is 5.82 Å². The van der Waals surface area contributed by atoms with Crippen LogP contribution in [0.4, 0.5) is 4.39 Å². The van der Waals surface area contributed by atoms with Crippen molar-refractivity contribution in [3.63, 3.8) is 0 Å². The van der Waals surface area contributed by atoms with E-state index >= 15 is 0 Å². The predicted molar refractivity (Wildman–Crippen MR) is 67.1 cm³/mol. The second-order valence-electron chi connectivity index (χ2n) is 4.83. The number of oxazole rings is 1. The van der Waals surface area contributed by atoms with E-state index in [1.54, 1.807) is 10.6 Å². The molecule has 94 valence electrons. The minimum Gasteiger partial charge on any atom is -0.408 e. The summed E-state index contributed by atoms with van der Waals surface area (Å²) in [6.07, 6.45) is 3.66. The molecular weight excluding hydrogens is 233 g/mol. The zero-order chi connectivity index (χ0) is 12.7. The number of halogens is 1. The van der Waals surface area contributed by atoms with Crippen LogP contribution in [-0.4, -0.2) is 4.57 Å². The summed E-state index contributed by atoms with van der Waals surface area (Å²) in [5, 5.41) is 0. The van der Waals surface area contributed by atoms with Crippen molar-refractivity contribution in [3.8, 4) is 0 Å². The summed E-state index contributed by atoms with van der Waals surface area (Å²) in [4.78, 5) is 11.9. The van der Waals surface area contributed by atoms with Crippen LogP contribution in [0.1, 0.15) is 31.7 Å².